The number of nitrogens with two attached hydrogens (primary N) is 1. The number of hydrogen-bond donors (Lipinski definition) is 2. The Balaban J connectivity index is 0.00000264. The van der Waals surface area contributed by atoms with Crippen LogP contribution in [0.4, 0.5) is 5.69 Å². The number of nitrogens with zero attached hydrogens (tertiary/aromatic N) is 2. The first-order chi connectivity index (χ1) is 10.7. The van der Waals surface area contributed by atoms with E-state index in [2.05, 4.69) is 10.3 Å². The van der Waals surface area contributed by atoms with Gasteiger partial charge in [-0.2, -0.15) is 0 Å². The number of hydrogen-bond acceptors (Lipinski definition) is 3. The zero-order chi connectivity index (χ0) is 15.8. The summed E-state index contributed by atoms with van der Waals surface area (Å²) in [5.41, 5.74) is 6.61. The molecule has 128 valence electrons. The van der Waals surface area contributed by atoms with Crippen molar-refractivity contribution < 1.29 is 9.53 Å². The predicted molar refractivity (Wildman–Crippen MR) is 104 cm³/mol. The molecule has 1 aliphatic rings. The third kappa shape index (κ3) is 6.25. The Labute approximate surface area is 154 Å². The van der Waals surface area contributed by atoms with Crippen molar-refractivity contribution in [3.05, 3.63) is 24.3 Å². The molecule has 1 heterocycles. The molecule has 2 rings (SSSR count). The first-order valence-corrected chi connectivity index (χ1v) is 7.68. The van der Waals surface area contributed by atoms with Gasteiger partial charge < -0.3 is 20.7 Å². The van der Waals surface area contributed by atoms with Gasteiger partial charge in [0.1, 0.15) is 5.75 Å². The van der Waals surface area contributed by atoms with Crippen molar-refractivity contribution in [3.63, 3.8) is 0 Å². The van der Waals surface area contributed by atoms with E-state index in [1.165, 1.54) is 6.42 Å². The average molecular weight is 432 g/mol. The lowest BCUT2D eigenvalue weighted by Crippen LogP contribution is -2.36. The van der Waals surface area contributed by atoms with Crippen molar-refractivity contribution in [3.8, 4) is 5.75 Å². The third-order valence-electron chi connectivity index (χ3n) is 3.69. The zero-order valence-corrected chi connectivity index (χ0v) is 15.8. The van der Waals surface area contributed by atoms with Gasteiger partial charge >= 0.3 is 0 Å². The maximum atomic E-state index is 12.0. The van der Waals surface area contributed by atoms with E-state index in [0.29, 0.717) is 18.7 Å². The highest BCUT2D eigenvalue weighted by molar-refractivity contribution is 14.0. The number of carbonyl (C=O) groups excluding carboxylic acids is 1. The van der Waals surface area contributed by atoms with Crippen molar-refractivity contribution >= 4 is 41.5 Å². The lowest BCUT2D eigenvalue weighted by Gasteiger charge is -2.26. The topological polar surface area (TPSA) is 80.0 Å². The van der Waals surface area contributed by atoms with Crippen LogP contribution in [0.25, 0.3) is 0 Å². The van der Waals surface area contributed by atoms with Crippen molar-refractivity contribution in [1.82, 2.24) is 4.90 Å². The second kappa shape index (κ2) is 10.3. The summed E-state index contributed by atoms with van der Waals surface area (Å²) < 4.78 is 5.23. The fourth-order valence-electron chi connectivity index (χ4n) is 2.50. The number of piperidine rings is 1. The van der Waals surface area contributed by atoms with E-state index in [1.807, 2.05) is 29.2 Å². The fraction of sp³-hybridized carbons (Fsp3) is 0.500. The fourth-order valence-corrected chi connectivity index (χ4v) is 2.50. The van der Waals surface area contributed by atoms with E-state index in [-0.39, 0.29) is 35.8 Å². The van der Waals surface area contributed by atoms with Gasteiger partial charge in [-0.3, -0.25) is 9.79 Å². The number of methoxy groups -OCH3 is 1. The van der Waals surface area contributed by atoms with Gasteiger partial charge in [-0.05, 0) is 31.4 Å². The molecule has 1 aliphatic heterocycles. The van der Waals surface area contributed by atoms with Gasteiger partial charge in [0.2, 0.25) is 5.91 Å². The molecule has 0 aromatic heterocycles. The van der Waals surface area contributed by atoms with Crippen molar-refractivity contribution in [2.75, 3.05) is 32.1 Å². The summed E-state index contributed by atoms with van der Waals surface area (Å²) in [6.07, 6.45) is 3.82. The van der Waals surface area contributed by atoms with E-state index in [1.54, 1.807) is 7.11 Å². The highest BCUT2D eigenvalue weighted by atomic mass is 127. The number of rotatable bonds is 5. The number of para-hydroxylation sites is 2. The zero-order valence-electron chi connectivity index (χ0n) is 13.5. The Morgan fingerprint density at radius 1 is 1.30 bits per heavy atom. The molecule has 23 heavy (non-hydrogen) atoms. The van der Waals surface area contributed by atoms with Gasteiger partial charge in [0.05, 0.1) is 19.3 Å². The molecule has 3 N–H and O–H groups in total. The van der Waals surface area contributed by atoms with Crippen molar-refractivity contribution in [1.29, 1.82) is 0 Å². The third-order valence-corrected chi connectivity index (χ3v) is 3.69. The number of aliphatic imine (C=N–C) groups is 1. The quantitative estimate of drug-likeness (QED) is 0.426. The Morgan fingerprint density at radius 2 is 2.00 bits per heavy atom. The van der Waals surface area contributed by atoms with Crippen LogP contribution in [0.15, 0.2) is 29.3 Å². The van der Waals surface area contributed by atoms with E-state index < -0.39 is 0 Å². The molecular weight excluding hydrogens is 407 g/mol. The molecule has 1 aromatic carbocycles. The summed E-state index contributed by atoms with van der Waals surface area (Å²) in [5.74, 6) is 1.15. The van der Waals surface area contributed by atoms with Crippen LogP contribution in [0.1, 0.15) is 25.7 Å². The monoisotopic (exact) mass is 432 g/mol. The number of anilines is 1. The van der Waals surface area contributed by atoms with Crippen LogP contribution >= 0.6 is 24.0 Å². The van der Waals surface area contributed by atoms with Crippen LogP contribution in [-0.4, -0.2) is 43.5 Å². The second-order valence-electron chi connectivity index (χ2n) is 5.28. The van der Waals surface area contributed by atoms with E-state index >= 15 is 0 Å². The normalized spacial score (nSPS) is 14.8. The predicted octanol–water partition coefficient (Wildman–Crippen LogP) is 2.44. The number of likely N-dealkylation sites (tertiary alicyclic amines) is 1. The molecule has 0 aliphatic carbocycles. The van der Waals surface area contributed by atoms with Gasteiger partial charge in [0.15, 0.2) is 5.96 Å². The molecule has 1 amide bonds. The first kappa shape index (κ1) is 19.5. The van der Waals surface area contributed by atoms with E-state index in [4.69, 9.17) is 10.5 Å². The maximum absolute atomic E-state index is 12.0. The summed E-state index contributed by atoms with van der Waals surface area (Å²) >= 11 is 0. The molecule has 1 aromatic rings. The molecule has 7 heteroatoms. The van der Waals surface area contributed by atoms with Crippen molar-refractivity contribution in [2.45, 2.75) is 25.7 Å². The van der Waals surface area contributed by atoms with Crippen LogP contribution in [0.2, 0.25) is 0 Å². The molecular formula is C16H25IN4O2. The highest BCUT2D eigenvalue weighted by Crippen LogP contribution is 2.22. The van der Waals surface area contributed by atoms with Crippen LogP contribution in [0.3, 0.4) is 0 Å². The summed E-state index contributed by atoms with van der Waals surface area (Å²) in [5, 5.41) is 2.99. The smallest absolute Gasteiger partial charge is 0.224 e. The summed E-state index contributed by atoms with van der Waals surface area (Å²) in [6, 6.07) is 7.47. The summed E-state index contributed by atoms with van der Waals surface area (Å²) in [7, 11) is 1.60. The van der Waals surface area contributed by atoms with Gasteiger partial charge in [-0.15, -0.1) is 24.0 Å². The molecule has 1 saturated heterocycles. The standard InChI is InChI=1S/C16H24N4O2.HI/c1-22-14-8-4-3-7-13(14)19-16(17)18-10-9-15(21)20-11-5-2-6-12-20;/h3-4,7-8H,2,5-6,9-12H2,1H3,(H3,17,18,19);1H. The number of benzene rings is 1. The van der Waals surface area contributed by atoms with Gasteiger partial charge in [-0.25, -0.2) is 0 Å². The van der Waals surface area contributed by atoms with Crippen LogP contribution in [0, 0.1) is 0 Å². The largest absolute Gasteiger partial charge is 0.495 e. The second-order valence-corrected chi connectivity index (χ2v) is 5.28. The minimum atomic E-state index is 0. The molecule has 6 nitrogen and oxygen atoms in total. The van der Waals surface area contributed by atoms with Gasteiger partial charge in [0, 0.05) is 19.5 Å². The Kier molecular flexibility index (Phi) is 8.75. The van der Waals surface area contributed by atoms with Crippen molar-refractivity contribution in [2.24, 2.45) is 10.7 Å². The van der Waals surface area contributed by atoms with E-state index in [9.17, 15) is 4.79 Å². The Morgan fingerprint density at radius 3 is 2.70 bits per heavy atom. The summed E-state index contributed by atoms with van der Waals surface area (Å²) in [4.78, 5) is 18.1. The molecule has 0 saturated carbocycles. The number of guanidine groups is 1. The lowest BCUT2D eigenvalue weighted by atomic mass is 10.1. The molecule has 0 atom stereocenters. The number of carbonyl (C=O) groups is 1. The SMILES string of the molecule is COc1ccccc1NC(N)=NCCC(=O)N1CCCCC1.I. The summed E-state index contributed by atoms with van der Waals surface area (Å²) in [6.45, 7) is 2.14. The highest BCUT2D eigenvalue weighted by Gasteiger charge is 2.15. The van der Waals surface area contributed by atoms with Crippen LogP contribution in [0.5, 0.6) is 5.75 Å². The number of amides is 1. The van der Waals surface area contributed by atoms with Crippen LogP contribution < -0.4 is 15.8 Å². The minimum Gasteiger partial charge on any atom is -0.495 e. The molecule has 1 fully saturated rings. The van der Waals surface area contributed by atoms with Gasteiger partial charge in [0.25, 0.3) is 0 Å². The molecule has 0 unspecified atom stereocenters. The first-order valence-electron chi connectivity index (χ1n) is 7.68. The molecule has 0 spiro atoms. The average Bonchev–Trinajstić information content (AvgIpc) is 2.56. The van der Waals surface area contributed by atoms with Gasteiger partial charge in [-0.1, -0.05) is 12.1 Å². The number of halogens is 1. The Bertz CT molecular complexity index is 531. The van der Waals surface area contributed by atoms with E-state index in [0.717, 1.165) is 31.6 Å². The Hall–Kier alpha value is -1.51. The number of ether oxygens (including phenoxy) is 1. The van der Waals surface area contributed by atoms with Crippen LogP contribution in [-0.2, 0) is 4.79 Å². The lowest BCUT2D eigenvalue weighted by molar-refractivity contribution is -0.131. The minimum absolute atomic E-state index is 0. The molecule has 0 bridgehead atoms. The molecule has 0 radical (unpaired) electrons. The number of nitrogens with one attached hydrogen (secondary N) is 1. The maximum Gasteiger partial charge on any atom is 0.224 e.